The van der Waals surface area contributed by atoms with E-state index in [-0.39, 0.29) is 5.91 Å². The second kappa shape index (κ2) is 6.41. The number of hydrogen-bond donors (Lipinski definition) is 1. The average Bonchev–Trinajstić information content (AvgIpc) is 2.39. The number of amides is 1. The zero-order chi connectivity index (χ0) is 14.7. The lowest BCUT2D eigenvalue weighted by molar-refractivity contribution is 0.102. The smallest absolute Gasteiger partial charge is 0.255 e. The average molecular weight is 398 g/mol. The summed E-state index contributed by atoms with van der Waals surface area (Å²) in [6.45, 7) is 0. The lowest BCUT2D eigenvalue weighted by Crippen LogP contribution is -2.16. The first-order chi connectivity index (χ1) is 9.47. The Morgan fingerprint density at radius 2 is 1.60 bits per heavy atom. The summed E-state index contributed by atoms with van der Waals surface area (Å²) in [5, 5.41) is 2.94. The van der Waals surface area contributed by atoms with Gasteiger partial charge in [0.2, 0.25) is 0 Å². The molecule has 0 saturated carbocycles. The van der Waals surface area contributed by atoms with Gasteiger partial charge in [0.15, 0.2) is 0 Å². The van der Waals surface area contributed by atoms with E-state index in [2.05, 4.69) is 37.2 Å². The van der Waals surface area contributed by atoms with Crippen molar-refractivity contribution < 1.29 is 4.79 Å². The van der Waals surface area contributed by atoms with Gasteiger partial charge in [-0.2, -0.15) is 0 Å². The summed E-state index contributed by atoms with van der Waals surface area (Å²) in [5.74, 6) is -0.126. The minimum absolute atomic E-state index is 0.126. The van der Waals surface area contributed by atoms with Crippen LogP contribution < -0.4 is 10.2 Å². The van der Waals surface area contributed by atoms with Crippen molar-refractivity contribution in [2.24, 2.45) is 0 Å². The van der Waals surface area contributed by atoms with Crippen molar-refractivity contribution in [2.75, 3.05) is 24.3 Å². The Morgan fingerprint density at radius 1 is 1.00 bits per heavy atom. The lowest BCUT2D eigenvalue weighted by Gasteiger charge is -2.18. The van der Waals surface area contributed by atoms with E-state index in [4.69, 9.17) is 0 Å². The highest BCUT2D eigenvalue weighted by molar-refractivity contribution is 9.10. The summed E-state index contributed by atoms with van der Waals surface area (Å²) < 4.78 is 1.87. The van der Waals surface area contributed by atoms with E-state index in [1.165, 1.54) is 0 Å². The van der Waals surface area contributed by atoms with Gasteiger partial charge in [0.1, 0.15) is 0 Å². The van der Waals surface area contributed by atoms with Gasteiger partial charge in [-0.05, 0) is 42.5 Å². The van der Waals surface area contributed by atoms with Crippen LogP contribution in [-0.2, 0) is 0 Å². The maximum atomic E-state index is 12.3. The molecule has 0 aliphatic heterocycles. The van der Waals surface area contributed by atoms with Crippen LogP contribution in [-0.4, -0.2) is 20.0 Å². The number of anilines is 2. The molecular weight excluding hydrogens is 384 g/mol. The number of nitrogens with one attached hydrogen (secondary N) is 1. The van der Waals surface area contributed by atoms with Crippen LogP contribution in [0, 0.1) is 0 Å². The Bertz CT molecular complexity index is 624. The van der Waals surface area contributed by atoms with E-state index in [1.54, 1.807) is 12.1 Å². The third kappa shape index (κ3) is 3.61. The third-order valence-electron chi connectivity index (χ3n) is 2.80. The fourth-order valence-electron chi connectivity index (χ4n) is 1.79. The van der Waals surface area contributed by atoms with Gasteiger partial charge in [-0.15, -0.1) is 0 Å². The molecule has 0 radical (unpaired) electrons. The van der Waals surface area contributed by atoms with Crippen LogP contribution >= 0.6 is 31.9 Å². The molecule has 104 valence electrons. The molecule has 2 aromatic carbocycles. The highest BCUT2D eigenvalue weighted by atomic mass is 79.9. The summed E-state index contributed by atoms with van der Waals surface area (Å²) in [7, 11) is 3.89. The minimum Gasteiger partial charge on any atom is -0.376 e. The van der Waals surface area contributed by atoms with Crippen LogP contribution in [0.25, 0.3) is 0 Å². The number of carbonyl (C=O) groups excluding carboxylic acids is 1. The van der Waals surface area contributed by atoms with Crippen molar-refractivity contribution in [1.82, 2.24) is 0 Å². The molecule has 0 aliphatic carbocycles. The van der Waals surface area contributed by atoms with Crippen LogP contribution in [0.15, 0.2) is 51.4 Å². The van der Waals surface area contributed by atoms with Gasteiger partial charge in [-0.25, -0.2) is 0 Å². The second-order valence-corrected chi connectivity index (χ2v) is 6.35. The Kier molecular flexibility index (Phi) is 4.83. The van der Waals surface area contributed by atoms with E-state index in [1.807, 2.05) is 49.3 Å². The lowest BCUT2D eigenvalue weighted by atomic mass is 10.2. The molecule has 0 unspecified atom stereocenters. The SMILES string of the molecule is CN(C)c1ccc(Br)cc1NC(=O)c1ccc(Br)cc1. The molecule has 1 amide bonds. The minimum atomic E-state index is -0.126. The van der Waals surface area contributed by atoms with Gasteiger partial charge in [-0.3, -0.25) is 4.79 Å². The topological polar surface area (TPSA) is 32.3 Å². The Balaban J connectivity index is 2.27. The number of benzene rings is 2. The van der Waals surface area contributed by atoms with Crippen molar-refractivity contribution in [2.45, 2.75) is 0 Å². The van der Waals surface area contributed by atoms with Crippen molar-refractivity contribution >= 4 is 49.1 Å². The quantitative estimate of drug-likeness (QED) is 0.825. The molecule has 0 bridgehead atoms. The summed E-state index contributed by atoms with van der Waals surface area (Å²) in [4.78, 5) is 14.2. The maximum absolute atomic E-state index is 12.3. The van der Waals surface area contributed by atoms with Gasteiger partial charge < -0.3 is 10.2 Å². The largest absolute Gasteiger partial charge is 0.376 e. The predicted octanol–water partition coefficient (Wildman–Crippen LogP) is 4.53. The van der Waals surface area contributed by atoms with E-state index >= 15 is 0 Å². The maximum Gasteiger partial charge on any atom is 0.255 e. The van der Waals surface area contributed by atoms with E-state index in [9.17, 15) is 4.79 Å². The van der Waals surface area contributed by atoms with Crippen LogP contribution in [0.4, 0.5) is 11.4 Å². The normalized spacial score (nSPS) is 10.2. The van der Waals surface area contributed by atoms with Gasteiger partial charge >= 0.3 is 0 Å². The van der Waals surface area contributed by atoms with E-state index in [0.717, 1.165) is 20.3 Å². The highest BCUT2D eigenvalue weighted by Gasteiger charge is 2.10. The first kappa shape index (κ1) is 15.1. The number of halogens is 2. The highest BCUT2D eigenvalue weighted by Crippen LogP contribution is 2.28. The summed E-state index contributed by atoms with van der Waals surface area (Å²) in [6, 6.07) is 13.1. The molecule has 2 aromatic rings. The predicted molar refractivity (Wildman–Crippen MR) is 90.6 cm³/mol. The molecule has 3 nitrogen and oxygen atoms in total. The molecule has 0 aromatic heterocycles. The number of hydrogen-bond acceptors (Lipinski definition) is 2. The zero-order valence-corrected chi connectivity index (χ0v) is 14.3. The molecule has 0 fully saturated rings. The first-order valence-electron chi connectivity index (χ1n) is 6.01. The van der Waals surface area contributed by atoms with Crippen LogP contribution in [0.2, 0.25) is 0 Å². The van der Waals surface area contributed by atoms with E-state index < -0.39 is 0 Å². The summed E-state index contributed by atoms with van der Waals surface area (Å²) in [6.07, 6.45) is 0. The van der Waals surface area contributed by atoms with Crippen molar-refractivity contribution in [3.8, 4) is 0 Å². The van der Waals surface area contributed by atoms with Gasteiger partial charge in [-0.1, -0.05) is 31.9 Å². The molecule has 0 spiro atoms. The fraction of sp³-hybridized carbons (Fsp3) is 0.133. The number of nitrogens with zero attached hydrogens (tertiary/aromatic N) is 1. The Hall–Kier alpha value is -1.33. The van der Waals surface area contributed by atoms with Crippen LogP contribution in [0.3, 0.4) is 0 Å². The molecule has 0 atom stereocenters. The van der Waals surface area contributed by atoms with Crippen LogP contribution in [0.1, 0.15) is 10.4 Å². The molecule has 2 rings (SSSR count). The molecule has 1 N–H and O–H groups in total. The molecule has 0 heterocycles. The molecule has 0 aliphatic rings. The fourth-order valence-corrected chi connectivity index (χ4v) is 2.42. The Labute approximate surface area is 135 Å². The van der Waals surface area contributed by atoms with Gasteiger partial charge in [0.25, 0.3) is 5.91 Å². The molecule has 5 heteroatoms. The van der Waals surface area contributed by atoms with Gasteiger partial charge in [0.05, 0.1) is 11.4 Å². The van der Waals surface area contributed by atoms with Crippen molar-refractivity contribution in [3.63, 3.8) is 0 Å². The van der Waals surface area contributed by atoms with Crippen LogP contribution in [0.5, 0.6) is 0 Å². The summed E-state index contributed by atoms with van der Waals surface area (Å²) in [5.41, 5.74) is 2.36. The monoisotopic (exact) mass is 396 g/mol. The molecular formula is C15H14Br2N2O. The standard InChI is InChI=1S/C15H14Br2N2O/c1-19(2)14-8-7-12(17)9-13(14)18-15(20)10-3-5-11(16)6-4-10/h3-9H,1-2H3,(H,18,20). The summed E-state index contributed by atoms with van der Waals surface area (Å²) >= 11 is 6.78. The molecule has 20 heavy (non-hydrogen) atoms. The van der Waals surface area contributed by atoms with Crippen molar-refractivity contribution in [1.29, 1.82) is 0 Å². The first-order valence-corrected chi connectivity index (χ1v) is 7.60. The zero-order valence-electron chi connectivity index (χ0n) is 11.2. The second-order valence-electron chi connectivity index (χ2n) is 4.52. The molecule has 0 saturated heterocycles. The number of rotatable bonds is 3. The third-order valence-corrected chi connectivity index (χ3v) is 3.82. The van der Waals surface area contributed by atoms with Gasteiger partial charge in [0, 0.05) is 28.6 Å². The van der Waals surface area contributed by atoms with E-state index in [0.29, 0.717) is 5.56 Å². The number of carbonyl (C=O) groups is 1. The Morgan fingerprint density at radius 3 is 2.20 bits per heavy atom. The van der Waals surface area contributed by atoms with Crippen molar-refractivity contribution in [3.05, 3.63) is 57.0 Å².